The first-order valence-electron chi connectivity index (χ1n) is 8.01. The molecule has 8 heteroatoms. The monoisotopic (exact) mass is 325 g/mol. The molecule has 0 amide bonds. The first-order valence-corrected chi connectivity index (χ1v) is 8.01. The molecule has 24 heavy (non-hydrogen) atoms. The Hall–Kier alpha value is -2.74. The average Bonchev–Trinajstić information content (AvgIpc) is 3.08. The summed E-state index contributed by atoms with van der Waals surface area (Å²) in [6.07, 6.45) is 7.43. The largest absolute Gasteiger partial charge is 0.372 e. The van der Waals surface area contributed by atoms with E-state index in [0.29, 0.717) is 12.3 Å². The van der Waals surface area contributed by atoms with E-state index in [-0.39, 0.29) is 12.1 Å². The lowest BCUT2D eigenvalue weighted by Gasteiger charge is -2.33. The second-order valence-electron chi connectivity index (χ2n) is 5.89. The molecule has 1 saturated heterocycles. The van der Waals surface area contributed by atoms with Gasteiger partial charge in [-0.25, -0.2) is 4.98 Å². The molecule has 3 N–H and O–H groups in total. The van der Waals surface area contributed by atoms with Gasteiger partial charge in [0.2, 0.25) is 5.95 Å². The van der Waals surface area contributed by atoms with Crippen molar-refractivity contribution < 1.29 is 4.74 Å². The Morgan fingerprint density at radius 1 is 1.38 bits per heavy atom. The van der Waals surface area contributed by atoms with E-state index in [1.54, 1.807) is 12.5 Å². The minimum Gasteiger partial charge on any atom is -0.372 e. The number of ether oxygens (including phenoxy) is 1. The van der Waals surface area contributed by atoms with Crippen LogP contribution in [0.5, 0.6) is 0 Å². The number of pyridine rings is 1. The predicted octanol–water partition coefficient (Wildman–Crippen LogP) is 1.52. The van der Waals surface area contributed by atoms with Crippen molar-refractivity contribution in [3.63, 3.8) is 0 Å². The van der Waals surface area contributed by atoms with Crippen molar-refractivity contribution in [2.75, 3.05) is 23.7 Å². The van der Waals surface area contributed by atoms with Gasteiger partial charge in [0.15, 0.2) is 11.5 Å². The summed E-state index contributed by atoms with van der Waals surface area (Å²) in [5.74, 6) is 1.03. The lowest BCUT2D eigenvalue weighted by atomic mass is 10.1. The van der Waals surface area contributed by atoms with Crippen LogP contribution in [-0.4, -0.2) is 44.1 Å². The molecule has 0 radical (unpaired) electrons. The smallest absolute Gasteiger partial charge is 0.224 e. The van der Waals surface area contributed by atoms with Crippen molar-refractivity contribution in [2.24, 2.45) is 0 Å². The van der Waals surface area contributed by atoms with Crippen LogP contribution in [0.2, 0.25) is 0 Å². The zero-order chi connectivity index (χ0) is 16.4. The molecule has 4 rings (SSSR count). The lowest BCUT2D eigenvalue weighted by molar-refractivity contribution is 0.0313. The van der Waals surface area contributed by atoms with Crippen LogP contribution in [0.1, 0.15) is 18.4 Å². The van der Waals surface area contributed by atoms with Crippen LogP contribution in [0.15, 0.2) is 30.9 Å². The van der Waals surface area contributed by atoms with Gasteiger partial charge in [-0.15, -0.1) is 0 Å². The normalized spacial score (nSPS) is 18.2. The van der Waals surface area contributed by atoms with Crippen LogP contribution in [0.3, 0.4) is 0 Å². The summed E-state index contributed by atoms with van der Waals surface area (Å²) >= 11 is 0. The third-order valence-corrected chi connectivity index (χ3v) is 4.17. The molecule has 0 unspecified atom stereocenters. The minimum atomic E-state index is 0.146. The summed E-state index contributed by atoms with van der Waals surface area (Å²) in [5, 5.41) is 0. The van der Waals surface area contributed by atoms with Crippen LogP contribution in [0, 0.1) is 0 Å². The standard InChI is InChI=1S/C16H19N7O/c17-16-21-14-13(19-10-20-14)15(22-16)23-6-2-4-12(8-23)24-9-11-3-1-5-18-7-11/h1,3,5,7,10,12H,2,4,6,8-9H2,(H3,17,19,20,21,22)/t12-/m1/s1. The number of hydrogen-bond donors (Lipinski definition) is 2. The zero-order valence-electron chi connectivity index (χ0n) is 13.2. The van der Waals surface area contributed by atoms with Gasteiger partial charge in [0, 0.05) is 25.5 Å². The molecule has 3 aromatic rings. The maximum atomic E-state index is 6.06. The Balaban J connectivity index is 1.49. The Bertz CT molecular complexity index is 820. The Labute approximate surface area is 139 Å². The topological polar surface area (TPSA) is 106 Å². The molecule has 1 fully saturated rings. The molecule has 0 aliphatic carbocycles. The van der Waals surface area contributed by atoms with Crippen LogP contribution in [0.25, 0.3) is 11.2 Å². The number of nitrogen functional groups attached to an aromatic ring is 1. The molecule has 0 saturated carbocycles. The van der Waals surface area contributed by atoms with Crippen molar-refractivity contribution in [3.8, 4) is 0 Å². The van der Waals surface area contributed by atoms with Gasteiger partial charge >= 0.3 is 0 Å². The number of nitrogens with zero attached hydrogens (tertiary/aromatic N) is 5. The summed E-state index contributed by atoms with van der Waals surface area (Å²) < 4.78 is 6.06. The molecule has 0 aromatic carbocycles. The molecule has 0 spiro atoms. The average molecular weight is 325 g/mol. The van der Waals surface area contributed by atoms with Gasteiger partial charge in [-0.1, -0.05) is 6.07 Å². The fourth-order valence-electron chi connectivity index (χ4n) is 3.03. The van der Waals surface area contributed by atoms with Crippen molar-refractivity contribution >= 4 is 22.9 Å². The summed E-state index contributed by atoms with van der Waals surface area (Å²) in [5.41, 5.74) is 8.31. The Morgan fingerprint density at radius 3 is 3.21 bits per heavy atom. The quantitative estimate of drug-likeness (QED) is 0.749. The van der Waals surface area contributed by atoms with Gasteiger partial charge in [0.05, 0.1) is 19.0 Å². The van der Waals surface area contributed by atoms with Crippen LogP contribution in [0.4, 0.5) is 11.8 Å². The van der Waals surface area contributed by atoms with E-state index >= 15 is 0 Å². The molecule has 4 heterocycles. The fourth-order valence-corrected chi connectivity index (χ4v) is 3.03. The summed E-state index contributed by atoms with van der Waals surface area (Å²) in [6.45, 7) is 2.25. The zero-order valence-corrected chi connectivity index (χ0v) is 13.2. The highest BCUT2D eigenvalue weighted by Crippen LogP contribution is 2.26. The second kappa shape index (κ2) is 6.40. The lowest BCUT2D eigenvalue weighted by Crippen LogP contribution is -2.40. The number of nitrogens with one attached hydrogen (secondary N) is 1. The van der Waals surface area contributed by atoms with Gasteiger partial charge in [-0.2, -0.15) is 9.97 Å². The molecular formula is C16H19N7O. The number of fused-ring (bicyclic) bond motifs is 1. The van der Waals surface area contributed by atoms with E-state index < -0.39 is 0 Å². The van der Waals surface area contributed by atoms with Crippen molar-refractivity contribution in [1.82, 2.24) is 24.9 Å². The highest BCUT2D eigenvalue weighted by molar-refractivity contribution is 5.84. The SMILES string of the molecule is Nc1nc(N2CCC[C@@H](OCc3cccnc3)C2)c2[nH]cnc2n1. The van der Waals surface area contributed by atoms with Crippen LogP contribution < -0.4 is 10.6 Å². The Kier molecular flexibility index (Phi) is 3.96. The van der Waals surface area contributed by atoms with Gasteiger partial charge in [0.1, 0.15) is 5.52 Å². The minimum absolute atomic E-state index is 0.146. The number of rotatable bonds is 4. The summed E-state index contributed by atoms with van der Waals surface area (Å²) in [6, 6.07) is 3.94. The highest BCUT2D eigenvalue weighted by atomic mass is 16.5. The fraction of sp³-hybridized carbons (Fsp3) is 0.375. The van der Waals surface area contributed by atoms with Crippen LogP contribution in [-0.2, 0) is 11.3 Å². The van der Waals surface area contributed by atoms with E-state index in [4.69, 9.17) is 10.5 Å². The van der Waals surface area contributed by atoms with E-state index in [9.17, 15) is 0 Å². The van der Waals surface area contributed by atoms with E-state index in [1.807, 2.05) is 18.3 Å². The number of aromatic amines is 1. The van der Waals surface area contributed by atoms with E-state index in [2.05, 4.69) is 29.8 Å². The maximum absolute atomic E-state index is 6.06. The number of H-pyrrole nitrogens is 1. The maximum Gasteiger partial charge on any atom is 0.224 e. The molecule has 8 nitrogen and oxygen atoms in total. The molecule has 124 valence electrons. The summed E-state index contributed by atoms with van der Waals surface area (Å²) in [7, 11) is 0. The number of anilines is 2. The Morgan fingerprint density at radius 2 is 2.33 bits per heavy atom. The first kappa shape index (κ1) is 14.8. The third kappa shape index (κ3) is 3.00. The number of aromatic nitrogens is 5. The number of hydrogen-bond acceptors (Lipinski definition) is 7. The van der Waals surface area contributed by atoms with Crippen molar-refractivity contribution in [3.05, 3.63) is 36.4 Å². The van der Waals surface area contributed by atoms with Crippen LogP contribution >= 0.6 is 0 Å². The summed E-state index contributed by atoms with van der Waals surface area (Å²) in [4.78, 5) is 22.1. The molecule has 1 atom stereocenters. The van der Waals surface area contributed by atoms with Gasteiger partial charge in [0.25, 0.3) is 0 Å². The van der Waals surface area contributed by atoms with Crippen molar-refractivity contribution in [1.29, 1.82) is 0 Å². The molecule has 3 aromatic heterocycles. The molecule has 1 aliphatic heterocycles. The number of piperidine rings is 1. The number of nitrogens with two attached hydrogens (primary N) is 1. The van der Waals surface area contributed by atoms with Gasteiger partial charge < -0.3 is 20.4 Å². The van der Waals surface area contributed by atoms with Gasteiger partial charge in [-0.3, -0.25) is 4.98 Å². The predicted molar refractivity (Wildman–Crippen MR) is 90.4 cm³/mol. The highest BCUT2D eigenvalue weighted by Gasteiger charge is 2.24. The molecule has 1 aliphatic rings. The molecule has 0 bridgehead atoms. The van der Waals surface area contributed by atoms with Crippen molar-refractivity contribution in [2.45, 2.75) is 25.6 Å². The third-order valence-electron chi connectivity index (χ3n) is 4.17. The number of imidazole rings is 1. The second-order valence-corrected chi connectivity index (χ2v) is 5.89. The molecular weight excluding hydrogens is 306 g/mol. The van der Waals surface area contributed by atoms with Gasteiger partial charge in [-0.05, 0) is 24.5 Å². The van der Waals surface area contributed by atoms with E-state index in [0.717, 1.165) is 42.8 Å². The first-order chi connectivity index (χ1) is 11.8. The van der Waals surface area contributed by atoms with E-state index in [1.165, 1.54) is 0 Å².